The van der Waals surface area contributed by atoms with Gasteiger partial charge in [-0.25, -0.2) is 4.98 Å². The molecule has 1 aromatic rings. The van der Waals surface area contributed by atoms with E-state index in [0.717, 1.165) is 19.3 Å². The number of anilines is 2. The Morgan fingerprint density at radius 2 is 2.00 bits per heavy atom. The lowest BCUT2D eigenvalue weighted by Crippen LogP contribution is -2.41. The van der Waals surface area contributed by atoms with Crippen LogP contribution in [-0.4, -0.2) is 33.8 Å². The Morgan fingerprint density at radius 3 is 2.53 bits per heavy atom. The van der Waals surface area contributed by atoms with Gasteiger partial charge in [-0.05, 0) is 19.3 Å². The third-order valence-corrected chi connectivity index (χ3v) is 3.33. The van der Waals surface area contributed by atoms with E-state index in [2.05, 4.69) is 15.3 Å². The van der Waals surface area contributed by atoms with Gasteiger partial charge in [-0.15, -0.1) is 0 Å². The molecule has 0 amide bonds. The maximum atomic E-state index is 9.56. The van der Waals surface area contributed by atoms with Crippen LogP contribution in [0.2, 0.25) is 0 Å². The third kappa shape index (κ3) is 3.70. The van der Waals surface area contributed by atoms with Crippen LogP contribution in [0.3, 0.4) is 0 Å². The highest BCUT2D eigenvalue weighted by atomic mass is 16.5. The predicted molar refractivity (Wildman–Crippen MR) is 76.3 cm³/mol. The van der Waals surface area contributed by atoms with Gasteiger partial charge in [0.2, 0.25) is 5.88 Å². The summed E-state index contributed by atoms with van der Waals surface area (Å²) in [6, 6.07) is 0. The number of rotatable bonds is 8. The molecule has 19 heavy (non-hydrogen) atoms. The molecule has 0 aliphatic carbocycles. The summed E-state index contributed by atoms with van der Waals surface area (Å²) in [5.74, 6) is 0.900. The smallest absolute Gasteiger partial charge is 0.242 e. The predicted octanol–water partition coefficient (Wildman–Crippen LogP) is 1.81. The van der Waals surface area contributed by atoms with E-state index in [-0.39, 0.29) is 6.61 Å². The lowest BCUT2D eigenvalue weighted by molar-refractivity contribution is 0.202. The number of ether oxygens (including phenoxy) is 1. The van der Waals surface area contributed by atoms with E-state index in [1.807, 2.05) is 20.8 Å². The monoisotopic (exact) mass is 268 g/mol. The third-order valence-electron chi connectivity index (χ3n) is 3.33. The molecule has 0 fully saturated rings. The number of aliphatic hydroxyl groups is 1. The number of aromatic nitrogens is 2. The zero-order valence-corrected chi connectivity index (χ0v) is 11.9. The Morgan fingerprint density at radius 1 is 1.32 bits per heavy atom. The van der Waals surface area contributed by atoms with E-state index in [1.165, 1.54) is 6.33 Å². The van der Waals surface area contributed by atoms with Gasteiger partial charge in [0, 0.05) is 0 Å². The van der Waals surface area contributed by atoms with Crippen molar-refractivity contribution in [3.05, 3.63) is 6.33 Å². The maximum absolute atomic E-state index is 9.56. The number of nitrogens with two attached hydrogens (primary N) is 1. The summed E-state index contributed by atoms with van der Waals surface area (Å²) in [7, 11) is 0. The van der Waals surface area contributed by atoms with Crippen LogP contribution in [-0.2, 0) is 0 Å². The second kappa shape index (κ2) is 7.13. The first kappa shape index (κ1) is 15.5. The summed E-state index contributed by atoms with van der Waals surface area (Å²) >= 11 is 0. The molecule has 0 aromatic carbocycles. The van der Waals surface area contributed by atoms with Crippen LogP contribution in [0.5, 0.6) is 5.88 Å². The molecule has 0 aliphatic rings. The molecule has 1 aromatic heterocycles. The van der Waals surface area contributed by atoms with Gasteiger partial charge in [-0.2, -0.15) is 4.98 Å². The Balaban J connectivity index is 2.94. The van der Waals surface area contributed by atoms with Gasteiger partial charge < -0.3 is 20.9 Å². The number of nitrogens with zero attached hydrogens (tertiary/aromatic N) is 2. The minimum atomic E-state index is -0.412. The first-order chi connectivity index (χ1) is 9.12. The average Bonchev–Trinajstić information content (AvgIpc) is 2.45. The fraction of sp³-hybridized carbons (Fsp3) is 0.692. The van der Waals surface area contributed by atoms with Crippen molar-refractivity contribution < 1.29 is 9.84 Å². The highest BCUT2D eigenvalue weighted by molar-refractivity contribution is 5.67. The lowest BCUT2D eigenvalue weighted by atomic mass is 9.94. The van der Waals surface area contributed by atoms with Crippen molar-refractivity contribution in [2.24, 2.45) is 0 Å². The van der Waals surface area contributed by atoms with Crippen molar-refractivity contribution in [3.63, 3.8) is 0 Å². The minimum Gasteiger partial charge on any atom is -0.476 e. The van der Waals surface area contributed by atoms with Crippen molar-refractivity contribution in [1.29, 1.82) is 0 Å². The van der Waals surface area contributed by atoms with Crippen LogP contribution >= 0.6 is 0 Å². The van der Waals surface area contributed by atoms with Crippen LogP contribution in [0, 0.1) is 0 Å². The van der Waals surface area contributed by atoms with Crippen LogP contribution in [0.1, 0.15) is 40.0 Å². The SMILES string of the molecule is CCCOc1ncnc(NC(CC)(CC)CO)c1N. The van der Waals surface area contributed by atoms with E-state index in [4.69, 9.17) is 10.5 Å². The molecule has 0 saturated heterocycles. The van der Waals surface area contributed by atoms with Gasteiger partial charge in [0.05, 0.1) is 18.8 Å². The van der Waals surface area contributed by atoms with Crippen molar-refractivity contribution >= 4 is 11.5 Å². The van der Waals surface area contributed by atoms with Crippen LogP contribution in [0.4, 0.5) is 11.5 Å². The van der Waals surface area contributed by atoms with Crippen LogP contribution in [0.15, 0.2) is 6.33 Å². The fourth-order valence-electron chi connectivity index (χ4n) is 1.73. The first-order valence-electron chi connectivity index (χ1n) is 6.74. The summed E-state index contributed by atoms with van der Waals surface area (Å²) < 4.78 is 5.46. The van der Waals surface area contributed by atoms with Gasteiger partial charge >= 0.3 is 0 Å². The average molecular weight is 268 g/mol. The number of nitrogen functional groups attached to an aromatic ring is 1. The number of hydrogen-bond acceptors (Lipinski definition) is 6. The zero-order valence-electron chi connectivity index (χ0n) is 11.9. The van der Waals surface area contributed by atoms with Gasteiger partial charge in [-0.3, -0.25) is 0 Å². The van der Waals surface area contributed by atoms with Crippen molar-refractivity contribution in [3.8, 4) is 5.88 Å². The molecule has 108 valence electrons. The fourth-order valence-corrected chi connectivity index (χ4v) is 1.73. The lowest BCUT2D eigenvalue weighted by Gasteiger charge is -2.31. The number of nitrogens with one attached hydrogen (secondary N) is 1. The Kier molecular flexibility index (Phi) is 5.82. The van der Waals surface area contributed by atoms with E-state index < -0.39 is 5.54 Å². The highest BCUT2D eigenvalue weighted by Crippen LogP contribution is 2.29. The Bertz CT molecular complexity index is 386. The zero-order chi connectivity index (χ0) is 14.3. The molecular formula is C13H24N4O2. The molecule has 0 bridgehead atoms. The standard InChI is InChI=1S/C13H24N4O2/c1-4-7-19-12-10(14)11(15-9-16-12)17-13(5-2,6-3)8-18/h9,18H,4-8,14H2,1-3H3,(H,15,16,17). The normalized spacial score (nSPS) is 11.4. The Labute approximate surface area is 114 Å². The molecule has 6 heteroatoms. The quantitative estimate of drug-likeness (QED) is 0.666. The van der Waals surface area contributed by atoms with Gasteiger partial charge in [0.15, 0.2) is 5.82 Å². The van der Waals surface area contributed by atoms with Crippen LogP contribution in [0.25, 0.3) is 0 Å². The largest absolute Gasteiger partial charge is 0.476 e. The first-order valence-corrected chi connectivity index (χ1v) is 6.74. The summed E-state index contributed by atoms with van der Waals surface area (Å²) in [5.41, 5.74) is 5.97. The van der Waals surface area contributed by atoms with Gasteiger partial charge in [0.25, 0.3) is 0 Å². The van der Waals surface area contributed by atoms with E-state index in [1.54, 1.807) is 0 Å². The topological polar surface area (TPSA) is 93.3 Å². The van der Waals surface area contributed by atoms with Gasteiger partial charge in [-0.1, -0.05) is 20.8 Å². The van der Waals surface area contributed by atoms with Crippen molar-refractivity contribution in [2.75, 3.05) is 24.3 Å². The summed E-state index contributed by atoms with van der Waals surface area (Å²) in [5, 5.41) is 12.8. The molecule has 6 nitrogen and oxygen atoms in total. The number of hydrogen-bond donors (Lipinski definition) is 3. The summed E-state index contributed by atoms with van der Waals surface area (Å²) in [6.45, 7) is 6.63. The second-order valence-corrected chi connectivity index (χ2v) is 4.56. The second-order valence-electron chi connectivity index (χ2n) is 4.56. The molecule has 0 aliphatic heterocycles. The molecule has 0 saturated carbocycles. The van der Waals surface area contributed by atoms with E-state index >= 15 is 0 Å². The van der Waals surface area contributed by atoms with E-state index in [9.17, 15) is 5.11 Å². The van der Waals surface area contributed by atoms with Crippen molar-refractivity contribution in [1.82, 2.24) is 9.97 Å². The highest BCUT2D eigenvalue weighted by Gasteiger charge is 2.26. The molecule has 0 spiro atoms. The van der Waals surface area contributed by atoms with Crippen LogP contribution < -0.4 is 15.8 Å². The molecule has 4 N–H and O–H groups in total. The minimum absolute atomic E-state index is 0.0224. The molecule has 0 radical (unpaired) electrons. The molecule has 1 heterocycles. The maximum Gasteiger partial charge on any atom is 0.242 e. The molecule has 0 atom stereocenters. The summed E-state index contributed by atoms with van der Waals surface area (Å²) in [4.78, 5) is 8.16. The van der Waals surface area contributed by atoms with Gasteiger partial charge in [0.1, 0.15) is 12.0 Å². The summed E-state index contributed by atoms with van der Waals surface area (Å²) in [6.07, 6.45) is 3.84. The molecular weight excluding hydrogens is 244 g/mol. The van der Waals surface area contributed by atoms with E-state index in [0.29, 0.717) is 24.0 Å². The Hall–Kier alpha value is -1.56. The molecule has 0 unspecified atom stereocenters. The van der Waals surface area contributed by atoms with Crippen molar-refractivity contribution in [2.45, 2.75) is 45.6 Å². The number of aliphatic hydroxyl groups excluding tert-OH is 1. The molecule has 1 rings (SSSR count).